The van der Waals surface area contributed by atoms with Gasteiger partial charge in [0.15, 0.2) is 0 Å². The second-order valence-electron chi connectivity index (χ2n) is 3.78. The van der Waals surface area contributed by atoms with Crippen LogP contribution in [0.1, 0.15) is 5.69 Å². The van der Waals surface area contributed by atoms with E-state index in [0.29, 0.717) is 25.6 Å². The van der Waals surface area contributed by atoms with Crippen molar-refractivity contribution in [2.45, 2.75) is 18.1 Å². The molecule has 1 aromatic heterocycles. The van der Waals surface area contributed by atoms with Crippen LogP contribution in [0, 0.1) is 6.92 Å². The number of aliphatic hydroxyl groups is 1. The molecule has 1 atom stereocenters. The first-order chi connectivity index (χ1) is 8.13. The normalized spacial score (nSPS) is 12.9. The summed E-state index contributed by atoms with van der Waals surface area (Å²) in [6.07, 6.45) is -0.466. The molecule has 0 bridgehead atoms. The van der Waals surface area contributed by atoms with Crippen molar-refractivity contribution in [1.29, 1.82) is 0 Å². The van der Waals surface area contributed by atoms with Gasteiger partial charge in [-0.1, -0.05) is 0 Å². The highest BCUT2D eigenvalue weighted by molar-refractivity contribution is 7.99. The monoisotopic (exact) mass is 260 g/mol. The highest BCUT2D eigenvalue weighted by Crippen LogP contribution is 2.19. The predicted octanol–water partition coefficient (Wildman–Crippen LogP) is 0.845. The molecular weight excluding hydrogens is 240 g/mol. The number of methoxy groups -OCH3 is 1. The van der Waals surface area contributed by atoms with Crippen molar-refractivity contribution in [2.75, 3.05) is 32.7 Å². The van der Waals surface area contributed by atoms with E-state index < -0.39 is 6.10 Å². The molecule has 1 heterocycles. The summed E-state index contributed by atoms with van der Waals surface area (Å²) < 4.78 is 11.9. The predicted molar refractivity (Wildman–Crippen MR) is 67.4 cm³/mol. The van der Waals surface area contributed by atoms with E-state index in [0.717, 1.165) is 10.7 Å². The minimum absolute atomic E-state index is 0.340. The van der Waals surface area contributed by atoms with Crippen LogP contribution >= 0.6 is 11.8 Å². The van der Waals surface area contributed by atoms with Gasteiger partial charge in [0.05, 0.1) is 36.6 Å². The lowest BCUT2D eigenvalue weighted by molar-refractivity contribution is 0.0218. The Kier molecular flexibility index (Phi) is 6.57. The third-order valence-electron chi connectivity index (χ3n) is 2.12. The second kappa shape index (κ2) is 7.71. The summed E-state index contributed by atoms with van der Waals surface area (Å²) >= 11 is 1.58. The average Bonchev–Trinajstić information content (AvgIpc) is 2.61. The van der Waals surface area contributed by atoms with Crippen LogP contribution in [0.3, 0.4) is 0 Å². The Balaban J connectivity index is 2.19. The van der Waals surface area contributed by atoms with E-state index in [1.54, 1.807) is 18.9 Å². The van der Waals surface area contributed by atoms with Crippen molar-refractivity contribution in [3.8, 4) is 0 Å². The lowest BCUT2D eigenvalue weighted by atomic mass is 10.4. The molecule has 0 radical (unpaired) electrons. The Morgan fingerprint density at radius 1 is 1.53 bits per heavy atom. The molecule has 1 N–H and O–H groups in total. The molecule has 0 aliphatic carbocycles. The molecule has 0 aliphatic heterocycles. The number of aromatic nitrogens is 2. The zero-order valence-electron chi connectivity index (χ0n) is 10.5. The van der Waals surface area contributed by atoms with Gasteiger partial charge in [-0.15, -0.1) is 11.8 Å². The summed E-state index contributed by atoms with van der Waals surface area (Å²) in [5.41, 5.74) is 0.987. The van der Waals surface area contributed by atoms with Gasteiger partial charge in [0, 0.05) is 19.9 Å². The van der Waals surface area contributed by atoms with Crippen molar-refractivity contribution in [1.82, 2.24) is 9.78 Å². The Hall–Kier alpha value is -0.560. The number of hydrogen-bond acceptors (Lipinski definition) is 5. The van der Waals surface area contributed by atoms with Crippen LogP contribution in [0.4, 0.5) is 0 Å². The Morgan fingerprint density at radius 2 is 2.29 bits per heavy atom. The number of thioether (sulfide) groups is 1. The number of aryl methyl sites for hydroxylation is 2. The molecule has 0 amide bonds. The van der Waals surface area contributed by atoms with E-state index in [2.05, 4.69) is 5.10 Å². The largest absolute Gasteiger partial charge is 0.390 e. The lowest BCUT2D eigenvalue weighted by Crippen LogP contribution is -2.19. The maximum absolute atomic E-state index is 9.69. The number of ether oxygens (including phenoxy) is 2. The molecule has 5 nitrogen and oxygen atoms in total. The molecule has 1 rings (SSSR count). The Labute approximate surface area is 106 Å². The highest BCUT2D eigenvalue weighted by Gasteiger charge is 2.08. The molecule has 1 unspecified atom stereocenters. The zero-order chi connectivity index (χ0) is 12.7. The van der Waals surface area contributed by atoms with Gasteiger partial charge in [0.25, 0.3) is 0 Å². The summed E-state index contributed by atoms with van der Waals surface area (Å²) in [5.74, 6) is 0.603. The molecule has 0 aromatic carbocycles. The maximum Gasteiger partial charge on any atom is 0.0940 e. The minimum atomic E-state index is -0.466. The third kappa shape index (κ3) is 5.54. The van der Waals surface area contributed by atoms with Gasteiger partial charge in [-0.25, -0.2) is 0 Å². The van der Waals surface area contributed by atoms with E-state index >= 15 is 0 Å². The lowest BCUT2D eigenvalue weighted by Gasteiger charge is -2.10. The van der Waals surface area contributed by atoms with Crippen LogP contribution in [0.15, 0.2) is 11.1 Å². The minimum Gasteiger partial charge on any atom is -0.390 e. The molecule has 6 heteroatoms. The van der Waals surface area contributed by atoms with E-state index in [-0.39, 0.29) is 0 Å². The number of aliphatic hydroxyl groups excluding tert-OH is 1. The fourth-order valence-electron chi connectivity index (χ4n) is 1.31. The van der Waals surface area contributed by atoms with Crippen LogP contribution in [0.25, 0.3) is 0 Å². The Morgan fingerprint density at radius 3 is 2.88 bits per heavy atom. The van der Waals surface area contributed by atoms with Crippen molar-refractivity contribution in [2.24, 2.45) is 7.05 Å². The molecule has 98 valence electrons. The van der Waals surface area contributed by atoms with Gasteiger partial charge in [0.1, 0.15) is 0 Å². The van der Waals surface area contributed by atoms with Gasteiger partial charge < -0.3 is 14.6 Å². The smallest absolute Gasteiger partial charge is 0.0940 e. The topological polar surface area (TPSA) is 56.5 Å². The van der Waals surface area contributed by atoms with E-state index in [1.165, 1.54) is 0 Å². The van der Waals surface area contributed by atoms with Gasteiger partial charge in [0.2, 0.25) is 0 Å². The van der Waals surface area contributed by atoms with Crippen LogP contribution < -0.4 is 0 Å². The molecule has 0 saturated carbocycles. The number of rotatable bonds is 8. The molecular formula is C11H20N2O3S. The molecule has 0 spiro atoms. The first-order valence-corrected chi connectivity index (χ1v) is 6.50. The van der Waals surface area contributed by atoms with E-state index in [9.17, 15) is 5.11 Å². The summed E-state index contributed by atoms with van der Waals surface area (Å²) in [6, 6.07) is 2.00. The maximum atomic E-state index is 9.69. The summed E-state index contributed by atoms with van der Waals surface area (Å²) in [4.78, 5) is 0. The standard InChI is InChI=1S/C11H20N2O3S/c1-9-6-11(13(2)12-9)17-8-10(14)7-16-5-4-15-3/h6,10,14H,4-5,7-8H2,1-3H3. The van der Waals surface area contributed by atoms with Crippen molar-refractivity contribution in [3.05, 3.63) is 11.8 Å². The Bertz CT molecular complexity index is 331. The van der Waals surface area contributed by atoms with E-state index in [4.69, 9.17) is 9.47 Å². The van der Waals surface area contributed by atoms with Crippen LogP contribution in [-0.4, -0.2) is 53.7 Å². The van der Waals surface area contributed by atoms with Crippen LogP contribution in [0.2, 0.25) is 0 Å². The number of nitrogens with zero attached hydrogens (tertiary/aromatic N) is 2. The van der Waals surface area contributed by atoms with E-state index in [1.807, 2.05) is 24.7 Å². The quantitative estimate of drug-likeness (QED) is 0.554. The summed E-state index contributed by atoms with van der Waals surface area (Å²) in [6.45, 7) is 3.37. The van der Waals surface area contributed by atoms with Crippen molar-refractivity contribution < 1.29 is 14.6 Å². The molecule has 0 fully saturated rings. The first-order valence-electron chi connectivity index (χ1n) is 5.51. The van der Waals surface area contributed by atoms with Gasteiger partial charge >= 0.3 is 0 Å². The van der Waals surface area contributed by atoms with Crippen molar-refractivity contribution >= 4 is 11.8 Å². The first kappa shape index (κ1) is 14.5. The molecule has 17 heavy (non-hydrogen) atoms. The number of hydrogen-bond donors (Lipinski definition) is 1. The molecule has 0 aliphatic rings. The fourth-order valence-corrected chi connectivity index (χ4v) is 2.25. The van der Waals surface area contributed by atoms with Gasteiger partial charge in [-0.05, 0) is 13.0 Å². The average molecular weight is 260 g/mol. The van der Waals surface area contributed by atoms with Crippen LogP contribution in [-0.2, 0) is 16.5 Å². The molecule has 1 aromatic rings. The van der Waals surface area contributed by atoms with Gasteiger partial charge in [-0.2, -0.15) is 5.10 Å². The van der Waals surface area contributed by atoms with Crippen LogP contribution in [0.5, 0.6) is 0 Å². The second-order valence-corrected chi connectivity index (χ2v) is 4.82. The van der Waals surface area contributed by atoms with Crippen molar-refractivity contribution in [3.63, 3.8) is 0 Å². The summed E-state index contributed by atoms with van der Waals surface area (Å²) in [5, 5.41) is 15.0. The summed E-state index contributed by atoms with van der Waals surface area (Å²) in [7, 11) is 3.52. The molecule has 0 saturated heterocycles. The SMILES string of the molecule is COCCOCC(O)CSc1cc(C)nn1C. The highest BCUT2D eigenvalue weighted by atomic mass is 32.2. The third-order valence-corrected chi connectivity index (χ3v) is 3.35. The van der Waals surface area contributed by atoms with Gasteiger partial charge in [-0.3, -0.25) is 4.68 Å². The zero-order valence-corrected chi connectivity index (χ0v) is 11.4. The fraction of sp³-hybridized carbons (Fsp3) is 0.727.